The smallest absolute Gasteiger partial charge is 0.341 e. The summed E-state index contributed by atoms with van der Waals surface area (Å²) in [6.45, 7) is 3.06. The van der Waals surface area contributed by atoms with Gasteiger partial charge in [0.15, 0.2) is 0 Å². The summed E-state index contributed by atoms with van der Waals surface area (Å²) in [5.74, 6) is -0.444. The van der Waals surface area contributed by atoms with Gasteiger partial charge >= 0.3 is 12.2 Å². The number of hydrogen-bond donors (Lipinski definition) is 1. The van der Waals surface area contributed by atoms with Gasteiger partial charge in [-0.05, 0) is 79.2 Å². The first kappa shape index (κ1) is 24.4. The van der Waals surface area contributed by atoms with Crippen LogP contribution in [0.5, 0.6) is 0 Å². The number of hydrogen-bond acceptors (Lipinski definition) is 1. The number of amides is 2. The van der Waals surface area contributed by atoms with Crippen LogP contribution in [0.2, 0.25) is 0 Å². The third kappa shape index (κ3) is 4.87. The van der Waals surface area contributed by atoms with E-state index in [1.54, 1.807) is 0 Å². The molecule has 1 aromatic heterocycles. The highest BCUT2D eigenvalue weighted by atomic mass is 19.4. The zero-order valence-corrected chi connectivity index (χ0v) is 19.9. The molecule has 5 aromatic rings. The van der Waals surface area contributed by atoms with Crippen molar-refractivity contribution >= 4 is 39.2 Å². The molecule has 188 valence electrons. The van der Waals surface area contributed by atoms with Gasteiger partial charge in [-0.2, -0.15) is 13.2 Å². The van der Waals surface area contributed by atoms with Crippen LogP contribution in [0, 0.1) is 5.82 Å². The number of benzene rings is 4. The second-order valence-electron chi connectivity index (χ2n) is 8.68. The van der Waals surface area contributed by atoms with Crippen molar-refractivity contribution < 1.29 is 22.4 Å². The second kappa shape index (κ2) is 9.61. The first-order chi connectivity index (χ1) is 17.7. The maximum Gasteiger partial charge on any atom is 0.416 e. The van der Waals surface area contributed by atoms with Crippen molar-refractivity contribution in [2.45, 2.75) is 26.2 Å². The molecule has 1 N–H and O–H groups in total. The molecule has 0 radical (unpaired) electrons. The van der Waals surface area contributed by atoms with Crippen molar-refractivity contribution in [3.63, 3.8) is 0 Å². The Hall–Kier alpha value is -4.33. The number of nitrogens with one attached hydrogen (secondary N) is 1. The van der Waals surface area contributed by atoms with Gasteiger partial charge in [-0.1, -0.05) is 24.3 Å². The van der Waals surface area contributed by atoms with Crippen molar-refractivity contribution in [2.75, 3.05) is 10.2 Å². The van der Waals surface area contributed by atoms with Crippen LogP contribution in [-0.2, 0) is 19.3 Å². The lowest BCUT2D eigenvalue weighted by Gasteiger charge is -2.24. The Morgan fingerprint density at radius 1 is 0.865 bits per heavy atom. The molecular weight excluding hydrogens is 482 g/mol. The molecule has 0 spiro atoms. The summed E-state index contributed by atoms with van der Waals surface area (Å²) in [4.78, 5) is 14.7. The molecule has 0 atom stereocenters. The normalized spacial score (nSPS) is 11.7. The van der Waals surface area contributed by atoms with Gasteiger partial charge in [0.25, 0.3) is 0 Å². The highest BCUT2D eigenvalue weighted by molar-refractivity contribution is 6.08. The molecule has 1 heterocycles. The standard InChI is InChI=1S/C29H23F4N3O/c1-2-35-26-6-4-3-5-24(26)25-17-19(7-16-27(25)35)18-36(23-14-10-21(30)11-15-23)28(37)34-22-12-8-20(9-13-22)29(31,32)33/h3-17H,2,18H2,1H3,(H,34,37). The third-order valence-corrected chi connectivity index (χ3v) is 6.34. The van der Waals surface area contributed by atoms with Crippen LogP contribution in [0.15, 0.2) is 91.0 Å². The lowest BCUT2D eigenvalue weighted by Crippen LogP contribution is -2.34. The van der Waals surface area contributed by atoms with Crippen molar-refractivity contribution in [1.29, 1.82) is 0 Å². The fraction of sp³-hybridized carbons (Fsp3) is 0.138. The Morgan fingerprint density at radius 2 is 1.54 bits per heavy atom. The summed E-state index contributed by atoms with van der Waals surface area (Å²) in [5.41, 5.74) is 2.90. The highest BCUT2D eigenvalue weighted by Crippen LogP contribution is 2.32. The van der Waals surface area contributed by atoms with Gasteiger partial charge < -0.3 is 9.88 Å². The number of alkyl halides is 3. The largest absolute Gasteiger partial charge is 0.416 e. The quantitative estimate of drug-likeness (QED) is 0.240. The Labute approximate surface area is 210 Å². The van der Waals surface area contributed by atoms with E-state index in [0.29, 0.717) is 5.69 Å². The minimum absolute atomic E-state index is 0.166. The van der Waals surface area contributed by atoms with Gasteiger partial charge in [0.2, 0.25) is 0 Å². The number of nitrogens with zero attached hydrogens (tertiary/aromatic N) is 2. The van der Waals surface area contributed by atoms with E-state index < -0.39 is 23.6 Å². The number of halogens is 4. The van der Waals surface area contributed by atoms with E-state index in [2.05, 4.69) is 28.9 Å². The van der Waals surface area contributed by atoms with Crippen LogP contribution >= 0.6 is 0 Å². The van der Waals surface area contributed by atoms with Crippen molar-refractivity contribution in [2.24, 2.45) is 0 Å². The molecule has 0 aliphatic rings. The lowest BCUT2D eigenvalue weighted by atomic mass is 10.1. The predicted molar refractivity (Wildman–Crippen MR) is 138 cm³/mol. The van der Waals surface area contributed by atoms with E-state index in [1.807, 2.05) is 30.3 Å². The number of carbonyl (C=O) groups is 1. The molecule has 0 aliphatic heterocycles. The number of anilines is 2. The maximum atomic E-state index is 13.6. The number of aromatic nitrogens is 1. The maximum absolute atomic E-state index is 13.6. The summed E-state index contributed by atoms with van der Waals surface area (Å²) in [7, 11) is 0. The van der Waals surface area contributed by atoms with Gasteiger partial charge in [-0.25, -0.2) is 9.18 Å². The molecule has 0 fully saturated rings. The summed E-state index contributed by atoms with van der Waals surface area (Å²) in [6, 6.07) is 23.3. The van der Waals surface area contributed by atoms with Crippen molar-refractivity contribution in [3.8, 4) is 0 Å². The molecule has 4 aromatic carbocycles. The number of rotatable bonds is 5. The van der Waals surface area contributed by atoms with E-state index in [4.69, 9.17) is 0 Å². The van der Waals surface area contributed by atoms with E-state index >= 15 is 0 Å². The zero-order valence-electron chi connectivity index (χ0n) is 19.9. The number of para-hydroxylation sites is 1. The Kier molecular flexibility index (Phi) is 6.33. The summed E-state index contributed by atoms with van der Waals surface area (Å²) in [5, 5.41) is 4.81. The number of urea groups is 1. The monoisotopic (exact) mass is 505 g/mol. The summed E-state index contributed by atoms with van der Waals surface area (Å²) < 4.78 is 54.6. The molecule has 8 heteroatoms. The zero-order chi connectivity index (χ0) is 26.2. The highest BCUT2D eigenvalue weighted by Gasteiger charge is 2.30. The average Bonchev–Trinajstić information content (AvgIpc) is 3.20. The molecule has 37 heavy (non-hydrogen) atoms. The predicted octanol–water partition coefficient (Wildman–Crippen LogP) is 8.21. The van der Waals surface area contributed by atoms with Crippen LogP contribution in [0.4, 0.5) is 33.7 Å². The Balaban J connectivity index is 1.49. The first-order valence-electron chi connectivity index (χ1n) is 11.8. The molecule has 5 rings (SSSR count). The van der Waals surface area contributed by atoms with E-state index in [1.165, 1.54) is 41.3 Å². The SMILES string of the molecule is CCn1c2ccccc2c2cc(CN(C(=O)Nc3ccc(C(F)(F)F)cc3)c3ccc(F)cc3)ccc21. The third-order valence-electron chi connectivity index (χ3n) is 6.34. The van der Waals surface area contributed by atoms with E-state index in [9.17, 15) is 22.4 Å². The van der Waals surface area contributed by atoms with Crippen LogP contribution in [0.3, 0.4) is 0 Å². The van der Waals surface area contributed by atoms with E-state index in [-0.39, 0.29) is 12.2 Å². The first-order valence-corrected chi connectivity index (χ1v) is 11.8. The second-order valence-corrected chi connectivity index (χ2v) is 8.68. The number of fused-ring (bicyclic) bond motifs is 3. The number of carbonyl (C=O) groups excluding carboxylic acids is 1. The molecular formula is C29H23F4N3O. The molecule has 0 saturated heterocycles. The molecule has 0 unspecified atom stereocenters. The molecule has 2 amide bonds. The van der Waals surface area contributed by atoms with Crippen LogP contribution < -0.4 is 10.2 Å². The Bertz CT molecular complexity index is 1570. The molecule has 0 aliphatic carbocycles. The van der Waals surface area contributed by atoms with Gasteiger partial charge in [0, 0.05) is 39.7 Å². The van der Waals surface area contributed by atoms with Gasteiger partial charge in [0.05, 0.1) is 12.1 Å². The van der Waals surface area contributed by atoms with Crippen LogP contribution in [0.1, 0.15) is 18.1 Å². The minimum atomic E-state index is -4.47. The van der Waals surface area contributed by atoms with Gasteiger partial charge in [-0.15, -0.1) is 0 Å². The van der Waals surface area contributed by atoms with E-state index in [0.717, 1.165) is 46.0 Å². The van der Waals surface area contributed by atoms with Gasteiger partial charge in [-0.3, -0.25) is 4.90 Å². The number of aryl methyl sites for hydroxylation is 1. The van der Waals surface area contributed by atoms with Crippen LogP contribution in [0.25, 0.3) is 21.8 Å². The average molecular weight is 506 g/mol. The lowest BCUT2D eigenvalue weighted by molar-refractivity contribution is -0.137. The molecule has 0 saturated carbocycles. The minimum Gasteiger partial charge on any atom is -0.341 e. The van der Waals surface area contributed by atoms with Crippen LogP contribution in [-0.4, -0.2) is 10.6 Å². The fourth-order valence-electron chi connectivity index (χ4n) is 4.56. The topological polar surface area (TPSA) is 37.3 Å². The van der Waals surface area contributed by atoms with Crippen molar-refractivity contribution in [3.05, 3.63) is 108 Å². The summed E-state index contributed by atoms with van der Waals surface area (Å²) >= 11 is 0. The Morgan fingerprint density at radius 3 is 2.22 bits per heavy atom. The van der Waals surface area contributed by atoms with Gasteiger partial charge in [0.1, 0.15) is 5.82 Å². The summed E-state index contributed by atoms with van der Waals surface area (Å²) in [6.07, 6.45) is -4.47. The molecule has 0 bridgehead atoms. The fourth-order valence-corrected chi connectivity index (χ4v) is 4.56. The van der Waals surface area contributed by atoms with Crippen molar-refractivity contribution in [1.82, 2.24) is 4.57 Å². The molecule has 4 nitrogen and oxygen atoms in total.